The molecule has 156 valence electrons. The minimum Gasteiger partial charge on any atom is -0.369 e. The molecule has 2 heterocycles. The van der Waals surface area contributed by atoms with Gasteiger partial charge in [-0.2, -0.15) is 4.80 Å². The van der Waals surface area contributed by atoms with Crippen LogP contribution in [0.1, 0.15) is 38.4 Å². The smallest absolute Gasteiger partial charge is 0.223 e. The molecule has 7 heteroatoms. The van der Waals surface area contributed by atoms with Gasteiger partial charge in [-0.05, 0) is 31.0 Å². The van der Waals surface area contributed by atoms with E-state index in [1.54, 1.807) is 4.80 Å². The van der Waals surface area contributed by atoms with Crippen LogP contribution in [0.4, 0.5) is 0 Å². The largest absolute Gasteiger partial charge is 0.369 e. The molecule has 3 unspecified atom stereocenters. The lowest BCUT2D eigenvalue weighted by Crippen LogP contribution is -2.53. The van der Waals surface area contributed by atoms with Crippen molar-refractivity contribution >= 4 is 5.91 Å². The zero-order chi connectivity index (χ0) is 20.9. The van der Waals surface area contributed by atoms with Crippen LogP contribution < -0.4 is 0 Å². The van der Waals surface area contributed by atoms with E-state index in [1.807, 2.05) is 60.4 Å². The lowest BCUT2D eigenvalue weighted by Gasteiger charge is -2.44. The molecule has 4 rings (SSSR count). The molecule has 0 saturated carbocycles. The van der Waals surface area contributed by atoms with E-state index >= 15 is 0 Å². The third kappa shape index (κ3) is 4.41. The molecule has 1 amide bonds. The summed E-state index contributed by atoms with van der Waals surface area (Å²) in [6.07, 6.45) is 1.01. The monoisotopic (exact) mass is 405 g/mol. The number of morpholine rings is 1. The first-order valence-electron chi connectivity index (χ1n) is 10.4. The van der Waals surface area contributed by atoms with Crippen molar-refractivity contribution in [2.45, 2.75) is 51.4 Å². The summed E-state index contributed by atoms with van der Waals surface area (Å²) in [6, 6.07) is 19.9. The fourth-order valence-corrected chi connectivity index (χ4v) is 4.04. The van der Waals surface area contributed by atoms with Gasteiger partial charge in [-0.1, -0.05) is 60.7 Å². The molecule has 0 radical (unpaired) electrons. The molecule has 0 N–H and O–H groups in total. The summed E-state index contributed by atoms with van der Waals surface area (Å²) in [5.74, 6) is 0.741. The fourth-order valence-electron chi connectivity index (χ4n) is 4.04. The van der Waals surface area contributed by atoms with Gasteiger partial charge >= 0.3 is 0 Å². The van der Waals surface area contributed by atoms with Crippen LogP contribution in [0.15, 0.2) is 60.7 Å². The van der Waals surface area contributed by atoms with Crippen molar-refractivity contribution in [3.8, 4) is 11.4 Å². The van der Waals surface area contributed by atoms with Gasteiger partial charge in [-0.15, -0.1) is 10.2 Å². The van der Waals surface area contributed by atoms with Crippen LogP contribution in [0.5, 0.6) is 0 Å². The van der Waals surface area contributed by atoms with E-state index < -0.39 is 0 Å². The summed E-state index contributed by atoms with van der Waals surface area (Å²) in [4.78, 5) is 16.6. The molecule has 2 aromatic carbocycles. The Hall–Kier alpha value is -3.06. The van der Waals surface area contributed by atoms with Crippen molar-refractivity contribution < 1.29 is 9.53 Å². The normalized spacial score (nSPS) is 21.5. The van der Waals surface area contributed by atoms with Crippen molar-refractivity contribution in [1.82, 2.24) is 25.1 Å². The van der Waals surface area contributed by atoms with Crippen molar-refractivity contribution in [3.63, 3.8) is 0 Å². The Bertz CT molecular complexity index is 960. The number of aromatic nitrogens is 4. The van der Waals surface area contributed by atoms with Gasteiger partial charge in [0.1, 0.15) is 6.10 Å². The number of amides is 1. The molecule has 1 aliphatic rings. The van der Waals surface area contributed by atoms with Gasteiger partial charge in [0.25, 0.3) is 0 Å². The third-order valence-corrected chi connectivity index (χ3v) is 5.52. The summed E-state index contributed by atoms with van der Waals surface area (Å²) in [6.45, 7) is 5.21. The maximum absolute atomic E-state index is 13.0. The number of rotatable bonds is 6. The van der Waals surface area contributed by atoms with E-state index in [0.29, 0.717) is 31.8 Å². The van der Waals surface area contributed by atoms with E-state index in [1.165, 1.54) is 0 Å². The average Bonchev–Trinajstić information content (AvgIpc) is 3.24. The number of hydrogen-bond acceptors (Lipinski definition) is 5. The van der Waals surface area contributed by atoms with E-state index in [-0.39, 0.29) is 24.1 Å². The van der Waals surface area contributed by atoms with E-state index in [4.69, 9.17) is 4.74 Å². The predicted molar refractivity (Wildman–Crippen MR) is 113 cm³/mol. The number of tetrazole rings is 1. The van der Waals surface area contributed by atoms with Crippen LogP contribution in [0, 0.1) is 0 Å². The highest BCUT2D eigenvalue weighted by molar-refractivity contribution is 5.77. The molecule has 30 heavy (non-hydrogen) atoms. The van der Waals surface area contributed by atoms with Gasteiger partial charge in [0.05, 0.1) is 25.2 Å². The van der Waals surface area contributed by atoms with Crippen molar-refractivity contribution in [3.05, 3.63) is 66.2 Å². The van der Waals surface area contributed by atoms with Gasteiger partial charge in [0, 0.05) is 12.0 Å². The first-order chi connectivity index (χ1) is 14.6. The van der Waals surface area contributed by atoms with Crippen molar-refractivity contribution in [2.75, 3.05) is 6.61 Å². The minimum absolute atomic E-state index is 0.0159. The van der Waals surface area contributed by atoms with Gasteiger partial charge in [-0.25, -0.2) is 0 Å². The molecule has 7 nitrogen and oxygen atoms in total. The Morgan fingerprint density at radius 1 is 1.07 bits per heavy atom. The predicted octanol–water partition coefficient (Wildman–Crippen LogP) is 3.50. The van der Waals surface area contributed by atoms with E-state index in [2.05, 4.69) is 34.5 Å². The molecule has 0 bridgehead atoms. The molecule has 0 aliphatic carbocycles. The van der Waals surface area contributed by atoms with Crippen molar-refractivity contribution in [1.29, 1.82) is 0 Å². The molecule has 1 saturated heterocycles. The second-order valence-corrected chi connectivity index (χ2v) is 7.73. The summed E-state index contributed by atoms with van der Waals surface area (Å²) in [7, 11) is 0. The molecular weight excluding hydrogens is 378 g/mol. The quantitative estimate of drug-likeness (QED) is 0.628. The van der Waals surface area contributed by atoms with Crippen LogP contribution >= 0.6 is 0 Å². The topological polar surface area (TPSA) is 73.1 Å². The maximum atomic E-state index is 13.0. The SMILES string of the molecule is CC1COC(c2ccccc2)C(C)N1C(=O)CCCn1nnc(-c2ccccc2)n1. The molecule has 1 fully saturated rings. The molecule has 3 atom stereocenters. The molecule has 1 aliphatic heterocycles. The third-order valence-electron chi connectivity index (χ3n) is 5.52. The van der Waals surface area contributed by atoms with Crippen LogP contribution in [-0.2, 0) is 16.1 Å². The van der Waals surface area contributed by atoms with E-state index in [9.17, 15) is 4.79 Å². The zero-order valence-electron chi connectivity index (χ0n) is 17.4. The number of aryl methyl sites for hydroxylation is 1. The highest BCUT2D eigenvalue weighted by Gasteiger charge is 2.36. The zero-order valence-corrected chi connectivity index (χ0v) is 17.4. The van der Waals surface area contributed by atoms with Crippen LogP contribution in [0.2, 0.25) is 0 Å². The summed E-state index contributed by atoms with van der Waals surface area (Å²) in [5.41, 5.74) is 2.04. The lowest BCUT2D eigenvalue weighted by molar-refractivity contribution is -0.153. The summed E-state index contributed by atoms with van der Waals surface area (Å²) < 4.78 is 6.06. The summed E-state index contributed by atoms with van der Waals surface area (Å²) >= 11 is 0. The number of benzene rings is 2. The van der Waals surface area contributed by atoms with E-state index in [0.717, 1.165) is 11.1 Å². The average molecular weight is 406 g/mol. The molecule has 1 aromatic heterocycles. The van der Waals surface area contributed by atoms with Crippen molar-refractivity contribution in [2.24, 2.45) is 0 Å². The number of carbonyl (C=O) groups excluding carboxylic acids is 1. The number of carbonyl (C=O) groups is 1. The van der Waals surface area contributed by atoms with Gasteiger partial charge in [0.2, 0.25) is 11.7 Å². The number of hydrogen-bond donors (Lipinski definition) is 0. The van der Waals surface area contributed by atoms with Crippen LogP contribution in [0.25, 0.3) is 11.4 Å². The lowest BCUT2D eigenvalue weighted by atomic mass is 9.98. The maximum Gasteiger partial charge on any atom is 0.223 e. The Morgan fingerprint density at radius 3 is 2.50 bits per heavy atom. The fraction of sp³-hybridized carbons (Fsp3) is 0.391. The molecule has 0 spiro atoms. The van der Waals surface area contributed by atoms with Gasteiger partial charge < -0.3 is 9.64 Å². The Morgan fingerprint density at radius 2 is 1.77 bits per heavy atom. The van der Waals surface area contributed by atoms with Gasteiger partial charge in [0.15, 0.2) is 0 Å². The highest BCUT2D eigenvalue weighted by Crippen LogP contribution is 2.31. The Labute approximate surface area is 176 Å². The molecule has 3 aromatic rings. The standard InChI is InChI=1S/C23H27N5O2/c1-17-16-30-22(19-10-5-3-6-11-19)18(2)28(17)21(29)14-9-15-27-25-23(24-26-27)20-12-7-4-8-13-20/h3-8,10-13,17-18,22H,9,14-16H2,1-2H3. The van der Waals surface area contributed by atoms with Crippen LogP contribution in [0.3, 0.4) is 0 Å². The second-order valence-electron chi connectivity index (χ2n) is 7.73. The van der Waals surface area contributed by atoms with Crippen LogP contribution in [-0.4, -0.2) is 49.7 Å². The first-order valence-corrected chi connectivity index (χ1v) is 10.4. The van der Waals surface area contributed by atoms with Gasteiger partial charge in [-0.3, -0.25) is 4.79 Å². The Balaban J connectivity index is 1.34. The number of ether oxygens (including phenoxy) is 1. The first kappa shape index (κ1) is 20.2. The Kier molecular flexibility index (Phi) is 6.18. The summed E-state index contributed by atoms with van der Waals surface area (Å²) in [5, 5.41) is 12.6. The minimum atomic E-state index is -0.100. The highest BCUT2D eigenvalue weighted by atomic mass is 16.5. The number of nitrogens with zero attached hydrogens (tertiary/aromatic N) is 5. The molecular formula is C23H27N5O2. The second kappa shape index (κ2) is 9.17.